The average Bonchev–Trinajstić information content (AvgIpc) is 3.07. The summed E-state index contributed by atoms with van der Waals surface area (Å²) < 4.78 is 207. The first-order valence-corrected chi connectivity index (χ1v) is 13.4. The number of fused-ring (bicyclic) bond motifs is 4. The number of pyridine rings is 2. The zero-order chi connectivity index (χ0) is 36.4. The van der Waals surface area contributed by atoms with Crippen molar-refractivity contribution < 1.29 is 61.5 Å². The van der Waals surface area contributed by atoms with Crippen molar-refractivity contribution in [3.8, 4) is 11.4 Å². The molecule has 7 aromatic rings. The van der Waals surface area contributed by atoms with Crippen molar-refractivity contribution in [3.63, 3.8) is 0 Å². The van der Waals surface area contributed by atoms with E-state index in [4.69, 9.17) is 0 Å². The highest BCUT2D eigenvalue weighted by Gasteiger charge is 2.33. The van der Waals surface area contributed by atoms with E-state index in [-0.39, 0.29) is 39.5 Å². The molecule has 0 atom stereocenters. The lowest BCUT2D eigenvalue weighted by molar-refractivity contribution is 0.376. The maximum absolute atomic E-state index is 15.4. The van der Waals surface area contributed by atoms with Gasteiger partial charge in [0, 0.05) is 22.9 Å². The fraction of sp³-hybridized carbons (Fsp3) is 0. The van der Waals surface area contributed by atoms with Crippen LogP contribution in [0.5, 0.6) is 0 Å². The zero-order valence-corrected chi connectivity index (χ0v) is 23.5. The number of rotatable bonds is 2. The van der Waals surface area contributed by atoms with Gasteiger partial charge in [-0.15, -0.1) is 0 Å². The third-order valence-corrected chi connectivity index (χ3v) is 7.90. The number of halogens is 14. The molecule has 0 amide bonds. The van der Waals surface area contributed by atoms with Gasteiger partial charge in [-0.1, -0.05) is 0 Å². The lowest BCUT2D eigenvalue weighted by atomic mass is 10.0. The van der Waals surface area contributed by atoms with Crippen molar-refractivity contribution in [2.45, 2.75) is 0 Å². The van der Waals surface area contributed by atoms with Crippen molar-refractivity contribution in [2.75, 3.05) is 0 Å². The molecule has 7 rings (SSSR count). The quantitative estimate of drug-likeness (QED) is 0.0780. The molecule has 0 unspecified atom stereocenters. The van der Waals surface area contributed by atoms with Crippen LogP contribution in [0.1, 0.15) is 0 Å². The second kappa shape index (κ2) is 10.8. The normalized spacial score (nSPS) is 12.0. The third-order valence-electron chi connectivity index (χ3n) is 7.90. The predicted octanol–water partition coefficient (Wildman–Crippen LogP) is 8.55. The Morgan fingerprint density at radius 3 is 0.960 bits per heavy atom. The molecule has 2 aromatic heterocycles. The number of nitrogens with zero attached hydrogens (tertiary/aromatic N) is 2. The molecule has 0 saturated carbocycles. The Kier molecular flexibility index (Phi) is 7.03. The number of aromatic nitrogens is 2. The molecule has 0 N–H and O–H groups in total. The minimum Gasteiger partial charge on any atom is -0.301 e. The van der Waals surface area contributed by atoms with Crippen molar-refractivity contribution in [2.24, 2.45) is 0 Å². The second-order valence-electron chi connectivity index (χ2n) is 10.6. The summed E-state index contributed by atoms with van der Waals surface area (Å²) in [5.74, 6) is -33.3. The van der Waals surface area contributed by atoms with Gasteiger partial charge >= 0.3 is 0 Å². The van der Waals surface area contributed by atoms with E-state index < -0.39 is 147 Å². The van der Waals surface area contributed by atoms with Crippen LogP contribution in [0.2, 0.25) is 0 Å². The van der Waals surface area contributed by atoms with E-state index in [1.54, 1.807) is 0 Å². The minimum atomic E-state index is -2.70. The fourth-order valence-corrected chi connectivity index (χ4v) is 5.82. The molecule has 0 spiro atoms. The summed E-state index contributed by atoms with van der Waals surface area (Å²) in [6.45, 7) is 0. The van der Waals surface area contributed by atoms with Crippen LogP contribution in [0.3, 0.4) is 0 Å². The average molecular weight is 716 g/mol. The Labute approximate surface area is 264 Å². The highest BCUT2D eigenvalue weighted by Crippen LogP contribution is 2.37. The van der Waals surface area contributed by atoms with E-state index in [1.165, 1.54) is 0 Å². The highest BCUT2D eigenvalue weighted by atomic mass is 19.2. The molecule has 0 saturated heterocycles. The summed E-state index contributed by atoms with van der Waals surface area (Å²) >= 11 is 0. The van der Waals surface area contributed by atoms with Crippen LogP contribution in [-0.4, -0.2) is 9.13 Å². The van der Waals surface area contributed by atoms with Gasteiger partial charge in [-0.25, -0.2) is 61.5 Å². The molecule has 0 fully saturated rings. The monoisotopic (exact) mass is 716 g/mol. The maximum atomic E-state index is 15.4. The van der Waals surface area contributed by atoms with E-state index in [2.05, 4.69) is 0 Å². The van der Waals surface area contributed by atoms with Crippen LogP contribution in [0.15, 0.2) is 46.0 Å². The lowest BCUT2D eigenvalue weighted by Gasteiger charge is -2.21. The largest absolute Gasteiger partial charge is 0.301 e. The van der Waals surface area contributed by atoms with Crippen LogP contribution in [0.4, 0.5) is 61.5 Å². The van der Waals surface area contributed by atoms with Gasteiger partial charge in [-0.05, 0) is 24.3 Å². The summed E-state index contributed by atoms with van der Waals surface area (Å²) in [5.41, 5.74) is -12.2. The molecule has 2 heterocycles. The van der Waals surface area contributed by atoms with E-state index in [0.29, 0.717) is 6.07 Å². The first-order valence-electron chi connectivity index (χ1n) is 13.4. The SMILES string of the molecule is O=c1c2cc3c(=O)c4cc(F)cc(F)c4n(-c4c(F)c(F)c(F)c(F)c4F)c3cc2n(-c2c(F)c(F)c(F)c(F)c2F)c2c(F)cc(F)cc12. The van der Waals surface area contributed by atoms with Crippen LogP contribution < -0.4 is 10.9 Å². The number of hydrogen-bond acceptors (Lipinski definition) is 2. The van der Waals surface area contributed by atoms with Crippen molar-refractivity contribution in [1.82, 2.24) is 9.13 Å². The molecule has 0 aliphatic carbocycles. The molecule has 0 aliphatic heterocycles. The minimum absolute atomic E-state index is 0.0272. The van der Waals surface area contributed by atoms with Gasteiger partial charge in [0.2, 0.25) is 11.6 Å². The topological polar surface area (TPSA) is 44.0 Å². The molecule has 0 radical (unpaired) electrons. The molecular weight excluding hydrogens is 710 g/mol. The molecule has 254 valence electrons. The summed E-state index contributed by atoms with van der Waals surface area (Å²) in [5, 5.41) is -4.32. The molecule has 5 aromatic carbocycles. The zero-order valence-electron chi connectivity index (χ0n) is 23.5. The molecule has 4 nitrogen and oxygen atoms in total. The van der Waals surface area contributed by atoms with Crippen molar-refractivity contribution in [3.05, 3.63) is 138 Å². The smallest absolute Gasteiger partial charge is 0.200 e. The Hall–Kier alpha value is -5.94. The Morgan fingerprint density at radius 2 is 0.640 bits per heavy atom. The van der Waals surface area contributed by atoms with Gasteiger partial charge in [0.25, 0.3) is 0 Å². The fourth-order valence-electron chi connectivity index (χ4n) is 5.82. The second-order valence-corrected chi connectivity index (χ2v) is 10.6. The van der Waals surface area contributed by atoms with Crippen molar-refractivity contribution in [1.29, 1.82) is 0 Å². The van der Waals surface area contributed by atoms with E-state index >= 15 is 26.3 Å². The number of benzene rings is 5. The summed E-state index contributed by atoms with van der Waals surface area (Å²) in [7, 11) is 0. The molecule has 50 heavy (non-hydrogen) atoms. The van der Waals surface area contributed by atoms with Gasteiger partial charge in [0.15, 0.2) is 69.0 Å². The molecule has 18 heteroatoms. The van der Waals surface area contributed by atoms with Gasteiger partial charge < -0.3 is 9.13 Å². The summed E-state index contributed by atoms with van der Waals surface area (Å²) in [4.78, 5) is 27.2. The van der Waals surface area contributed by atoms with Gasteiger partial charge in [-0.2, -0.15) is 0 Å². The Morgan fingerprint density at radius 1 is 0.340 bits per heavy atom. The predicted molar refractivity (Wildman–Crippen MR) is 147 cm³/mol. The maximum Gasteiger partial charge on any atom is 0.200 e. The Balaban J connectivity index is 1.87. The van der Waals surface area contributed by atoms with Crippen LogP contribution >= 0.6 is 0 Å². The Bertz CT molecular complexity index is 2620. The van der Waals surface area contributed by atoms with Crippen molar-refractivity contribution >= 4 is 43.6 Å². The van der Waals surface area contributed by atoms with Gasteiger partial charge in [0.1, 0.15) is 23.0 Å². The highest BCUT2D eigenvalue weighted by molar-refractivity contribution is 6.05. The first-order chi connectivity index (χ1) is 23.5. The van der Waals surface area contributed by atoms with Gasteiger partial charge in [-0.3, -0.25) is 9.59 Å². The number of hydrogen-bond donors (Lipinski definition) is 0. The van der Waals surface area contributed by atoms with Crippen LogP contribution in [-0.2, 0) is 0 Å². The van der Waals surface area contributed by atoms with E-state index in [9.17, 15) is 44.7 Å². The first kappa shape index (κ1) is 32.6. The summed E-state index contributed by atoms with van der Waals surface area (Å²) in [6, 6.07) is 1.29. The van der Waals surface area contributed by atoms with Crippen LogP contribution in [0.25, 0.3) is 55.0 Å². The lowest BCUT2D eigenvalue weighted by Crippen LogP contribution is -2.19. The van der Waals surface area contributed by atoms with Crippen LogP contribution in [0, 0.1) is 81.4 Å². The third kappa shape index (κ3) is 4.19. The van der Waals surface area contributed by atoms with E-state index in [0.717, 1.165) is 0 Å². The molecule has 0 aliphatic rings. The summed E-state index contributed by atoms with van der Waals surface area (Å²) in [6.07, 6.45) is 0. The van der Waals surface area contributed by atoms with Gasteiger partial charge in [0.05, 0.1) is 32.8 Å². The standard InChI is InChI=1S/C32H6F14N2O2/c33-7-1-11-27(13(35)3-7)47(29-23(43)19(39)17(37)20(40)24(29)44)15-6-16-10(5-9(15)31(11)49)32(50)12-2-8(34)4-14(36)28(12)48(16)30-25(45)21(41)18(38)22(42)26(30)46/h1-6H. The van der Waals surface area contributed by atoms with E-state index in [1.807, 2.05) is 0 Å². The molecular formula is C32H6F14N2O2. The molecule has 0 bridgehead atoms.